The number of benzene rings is 1. The Morgan fingerprint density at radius 3 is 2.89 bits per heavy atom. The Hall–Kier alpha value is -0.930. The third-order valence-corrected chi connectivity index (χ3v) is 4.69. The molecule has 0 saturated carbocycles. The maximum atomic E-state index is 13.2. The van der Waals surface area contributed by atoms with Gasteiger partial charge < -0.3 is 9.64 Å². The molecule has 0 radical (unpaired) electrons. The molecule has 0 aliphatic carbocycles. The standard InChI is InChI=1S/C16H22FNO/c1-18-7-5-16(6-8-18)11-15(19-12-16)10-13-3-2-4-14(17)9-13/h2-4,9,15H,5-8,10-12H2,1H3. The summed E-state index contributed by atoms with van der Waals surface area (Å²) in [4.78, 5) is 2.39. The van der Waals surface area contributed by atoms with E-state index >= 15 is 0 Å². The van der Waals surface area contributed by atoms with Crippen LogP contribution < -0.4 is 0 Å². The lowest BCUT2D eigenvalue weighted by atomic mass is 9.76. The van der Waals surface area contributed by atoms with Crippen molar-refractivity contribution in [1.29, 1.82) is 0 Å². The summed E-state index contributed by atoms with van der Waals surface area (Å²) in [6, 6.07) is 6.90. The zero-order valence-electron chi connectivity index (χ0n) is 11.6. The molecule has 1 aromatic carbocycles. The van der Waals surface area contributed by atoms with Crippen molar-refractivity contribution in [3.8, 4) is 0 Å². The predicted molar refractivity (Wildman–Crippen MR) is 73.6 cm³/mol. The number of nitrogens with zero attached hydrogens (tertiary/aromatic N) is 1. The van der Waals surface area contributed by atoms with Gasteiger partial charge in [0, 0.05) is 0 Å². The Morgan fingerprint density at radius 1 is 1.37 bits per heavy atom. The molecule has 1 unspecified atom stereocenters. The minimum absolute atomic E-state index is 0.149. The Bertz CT molecular complexity index is 440. The molecule has 3 rings (SSSR count). The summed E-state index contributed by atoms with van der Waals surface area (Å²) in [7, 11) is 2.19. The molecule has 0 aromatic heterocycles. The predicted octanol–water partition coefficient (Wildman–Crippen LogP) is 2.87. The highest BCUT2D eigenvalue weighted by atomic mass is 19.1. The molecule has 2 saturated heterocycles. The van der Waals surface area contributed by atoms with E-state index in [0.717, 1.165) is 25.0 Å². The largest absolute Gasteiger partial charge is 0.377 e. The summed E-state index contributed by atoms with van der Waals surface area (Å²) < 4.78 is 19.2. The van der Waals surface area contributed by atoms with Crippen LogP contribution in [0.4, 0.5) is 4.39 Å². The first-order valence-corrected chi connectivity index (χ1v) is 7.20. The van der Waals surface area contributed by atoms with Crippen LogP contribution in [0.2, 0.25) is 0 Å². The summed E-state index contributed by atoms with van der Waals surface area (Å²) in [6.45, 7) is 3.24. The molecule has 1 spiro atoms. The van der Waals surface area contributed by atoms with E-state index in [0.29, 0.717) is 5.41 Å². The number of piperidine rings is 1. The number of rotatable bonds is 2. The van der Waals surface area contributed by atoms with E-state index < -0.39 is 0 Å². The topological polar surface area (TPSA) is 12.5 Å². The maximum absolute atomic E-state index is 13.2. The van der Waals surface area contributed by atoms with Crippen LogP contribution in [-0.2, 0) is 11.2 Å². The molecule has 2 aliphatic rings. The summed E-state index contributed by atoms with van der Waals surface area (Å²) in [5.41, 5.74) is 1.44. The summed E-state index contributed by atoms with van der Waals surface area (Å²) in [6.07, 6.45) is 4.73. The second-order valence-corrected chi connectivity index (χ2v) is 6.27. The molecule has 0 bridgehead atoms. The molecule has 104 valence electrons. The molecule has 19 heavy (non-hydrogen) atoms. The zero-order chi connectivity index (χ0) is 13.3. The summed E-state index contributed by atoms with van der Waals surface area (Å²) >= 11 is 0. The van der Waals surface area contributed by atoms with Crippen molar-refractivity contribution in [2.45, 2.75) is 31.8 Å². The molecular formula is C16H22FNO. The Balaban J connectivity index is 1.60. The van der Waals surface area contributed by atoms with Gasteiger partial charge >= 0.3 is 0 Å². The normalized spacial score (nSPS) is 26.9. The Morgan fingerprint density at radius 2 is 2.16 bits per heavy atom. The van der Waals surface area contributed by atoms with Gasteiger partial charge in [0.05, 0.1) is 12.7 Å². The van der Waals surface area contributed by atoms with Crippen LogP contribution >= 0.6 is 0 Å². The van der Waals surface area contributed by atoms with Crippen LogP contribution in [0, 0.1) is 11.2 Å². The van der Waals surface area contributed by atoms with Gasteiger partial charge in [-0.25, -0.2) is 4.39 Å². The van der Waals surface area contributed by atoms with Crippen molar-refractivity contribution in [2.75, 3.05) is 26.7 Å². The molecular weight excluding hydrogens is 241 g/mol. The highest BCUT2D eigenvalue weighted by molar-refractivity contribution is 5.17. The van der Waals surface area contributed by atoms with Crippen LogP contribution in [0.5, 0.6) is 0 Å². The smallest absolute Gasteiger partial charge is 0.123 e. The van der Waals surface area contributed by atoms with Gasteiger partial charge in [-0.1, -0.05) is 12.1 Å². The average Bonchev–Trinajstić information content (AvgIpc) is 2.77. The SMILES string of the molecule is CN1CCC2(CC1)COC(Cc1cccc(F)c1)C2. The maximum Gasteiger partial charge on any atom is 0.123 e. The highest BCUT2D eigenvalue weighted by Gasteiger charge is 2.41. The van der Waals surface area contributed by atoms with Gasteiger partial charge in [0.2, 0.25) is 0 Å². The van der Waals surface area contributed by atoms with Crippen LogP contribution in [0.1, 0.15) is 24.8 Å². The second kappa shape index (κ2) is 5.22. The van der Waals surface area contributed by atoms with Gasteiger partial charge in [-0.05, 0) is 68.9 Å². The lowest BCUT2D eigenvalue weighted by Gasteiger charge is -2.36. The van der Waals surface area contributed by atoms with Crippen molar-refractivity contribution < 1.29 is 9.13 Å². The fourth-order valence-corrected chi connectivity index (χ4v) is 3.39. The minimum atomic E-state index is -0.149. The van der Waals surface area contributed by atoms with Crippen molar-refractivity contribution in [3.63, 3.8) is 0 Å². The monoisotopic (exact) mass is 263 g/mol. The van der Waals surface area contributed by atoms with E-state index in [-0.39, 0.29) is 11.9 Å². The lowest BCUT2D eigenvalue weighted by molar-refractivity contribution is 0.0714. The van der Waals surface area contributed by atoms with Crippen molar-refractivity contribution >= 4 is 0 Å². The first-order valence-electron chi connectivity index (χ1n) is 7.20. The van der Waals surface area contributed by atoms with Gasteiger partial charge in [-0.3, -0.25) is 0 Å². The third kappa shape index (κ3) is 2.98. The van der Waals surface area contributed by atoms with Crippen LogP contribution in [0.25, 0.3) is 0 Å². The van der Waals surface area contributed by atoms with E-state index in [1.165, 1.54) is 32.0 Å². The summed E-state index contributed by atoms with van der Waals surface area (Å²) in [5.74, 6) is -0.149. The fourth-order valence-electron chi connectivity index (χ4n) is 3.39. The molecule has 2 heterocycles. The van der Waals surface area contributed by atoms with Crippen molar-refractivity contribution in [2.24, 2.45) is 5.41 Å². The number of likely N-dealkylation sites (tertiary alicyclic amines) is 1. The van der Waals surface area contributed by atoms with Crippen LogP contribution in [-0.4, -0.2) is 37.7 Å². The number of hydrogen-bond acceptors (Lipinski definition) is 2. The van der Waals surface area contributed by atoms with Crippen LogP contribution in [0.3, 0.4) is 0 Å². The second-order valence-electron chi connectivity index (χ2n) is 6.27. The van der Waals surface area contributed by atoms with Gasteiger partial charge in [0.1, 0.15) is 5.82 Å². The third-order valence-electron chi connectivity index (χ3n) is 4.69. The van der Waals surface area contributed by atoms with Gasteiger partial charge in [0.15, 0.2) is 0 Å². The van der Waals surface area contributed by atoms with Gasteiger partial charge in [0.25, 0.3) is 0 Å². The van der Waals surface area contributed by atoms with Gasteiger partial charge in [-0.15, -0.1) is 0 Å². The Labute approximate surface area is 114 Å². The number of halogens is 1. The highest BCUT2D eigenvalue weighted by Crippen LogP contribution is 2.42. The van der Waals surface area contributed by atoms with Crippen molar-refractivity contribution in [3.05, 3.63) is 35.6 Å². The number of ether oxygens (including phenoxy) is 1. The molecule has 3 heteroatoms. The molecule has 0 amide bonds. The Kier molecular flexibility index (Phi) is 3.59. The zero-order valence-corrected chi connectivity index (χ0v) is 11.6. The van der Waals surface area contributed by atoms with E-state index in [9.17, 15) is 4.39 Å². The molecule has 1 atom stereocenters. The molecule has 2 aliphatic heterocycles. The van der Waals surface area contributed by atoms with E-state index in [4.69, 9.17) is 4.74 Å². The van der Waals surface area contributed by atoms with E-state index in [1.54, 1.807) is 12.1 Å². The molecule has 0 N–H and O–H groups in total. The van der Waals surface area contributed by atoms with Crippen molar-refractivity contribution in [1.82, 2.24) is 4.90 Å². The lowest BCUT2D eigenvalue weighted by Crippen LogP contribution is -2.38. The first kappa shape index (κ1) is 13.1. The minimum Gasteiger partial charge on any atom is -0.377 e. The molecule has 1 aromatic rings. The van der Waals surface area contributed by atoms with Crippen LogP contribution in [0.15, 0.2) is 24.3 Å². The quantitative estimate of drug-likeness (QED) is 0.813. The number of hydrogen-bond donors (Lipinski definition) is 0. The van der Waals surface area contributed by atoms with E-state index in [1.807, 2.05) is 6.07 Å². The molecule has 2 nitrogen and oxygen atoms in total. The summed E-state index contributed by atoms with van der Waals surface area (Å²) in [5, 5.41) is 0. The molecule has 2 fully saturated rings. The van der Waals surface area contributed by atoms with Gasteiger partial charge in [-0.2, -0.15) is 0 Å². The average molecular weight is 263 g/mol. The van der Waals surface area contributed by atoms with E-state index in [2.05, 4.69) is 11.9 Å². The fraction of sp³-hybridized carbons (Fsp3) is 0.625. The first-order chi connectivity index (χ1) is 9.15.